The largest absolute Gasteiger partial charge is 0.368 e. The summed E-state index contributed by atoms with van der Waals surface area (Å²) < 4.78 is 0. The van der Waals surface area contributed by atoms with E-state index in [2.05, 4.69) is 5.32 Å². The molecule has 0 aromatic carbocycles. The summed E-state index contributed by atoms with van der Waals surface area (Å²) in [7, 11) is 0. The molecule has 1 saturated carbocycles. The fourth-order valence-corrected chi connectivity index (χ4v) is 1.53. The lowest BCUT2D eigenvalue weighted by Crippen LogP contribution is -2.43. The van der Waals surface area contributed by atoms with E-state index in [-0.39, 0.29) is 11.9 Å². The van der Waals surface area contributed by atoms with E-state index in [1.807, 2.05) is 6.92 Å². The van der Waals surface area contributed by atoms with Gasteiger partial charge in [-0.25, -0.2) is 0 Å². The Morgan fingerprint density at radius 1 is 1.55 bits per heavy atom. The summed E-state index contributed by atoms with van der Waals surface area (Å²) in [6.45, 7) is 1.82. The lowest BCUT2D eigenvalue weighted by atomic mass is 10.2. The molecule has 1 aliphatic rings. The third-order valence-corrected chi connectivity index (χ3v) is 2.27. The SMILES string of the molecule is CC(NC1CCCC1)C(N)=O. The van der Waals surface area contributed by atoms with Crippen LogP contribution < -0.4 is 11.1 Å². The van der Waals surface area contributed by atoms with Gasteiger partial charge in [-0.05, 0) is 19.8 Å². The molecule has 1 rings (SSSR count). The fraction of sp³-hybridized carbons (Fsp3) is 0.875. The van der Waals surface area contributed by atoms with Crippen LogP contribution in [0.5, 0.6) is 0 Å². The second-order valence-corrected chi connectivity index (χ2v) is 3.27. The van der Waals surface area contributed by atoms with E-state index in [0.717, 1.165) is 0 Å². The molecule has 1 aliphatic carbocycles. The molecule has 64 valence electrons. The zero-order chi connectivity index (χ0) is 8.27. The molecule has 0 aromatic rings. The molecule has 3 heteroatoms. The first kappa shape index (κ1) is 8.53. The zero-order valence-corrected chi connectivity index (χ0v) is 6.97. The fourth-order valence-electron chi connectivity index (χ4n) is 1.53. The normalized spacial score (nSPS) is 21.9. The van der Waals surface area contributed by atoms with Crippen LogP contribution in [-0.4, -0.2) is 18.0 Å². The second-order valence-electron chi connectivity index (χ2n) is 3.27. The molecule has 0 saturated heterocycles. The summed E-state index contributed by atoms with van der Waals surface area (Å²) in [5.41, 5.74) is 5.11. The highest BCUT2D eigenvalue weighted by molar-refractivity contribution is 5.79. The van der Waals surface area contributed by atoms with Crippen LogP contribution in [0.25, 0.3) is 0 Å². The summed E-state index contributed by atoms with van der Waals surface area (Å²) in [4.78, 5) is 10.6. The minimum atomic E-state index is -0.253. The maximum atomic E-state index is 10.6. The Morgan fingerprint density at radius 2 is 2.09 bits per heavy atom. The van der Waals surface area contributed by atoms with E-state index in [1.54, 1.807) is 0 Å². The molecule has 1 amide bonds. The topological polar surface area (TPSA) is 55.1 Å². The molecular weight excluding hydrogens is 140 g/mol. The van der Waals surface area contributed by atoms with Crippen molar-refractivity contribution in [2.24, 2.45) is 5.73 Å². The lowest BCUT2D eigenvalue weighted by Gasteiger charge is -2.15. The van der Waals surface area contributed by atoms with Crippen molar-refractivity contribution in [2.75, 3.05) is 0 Å². The standard InChI is InChI=1S/C8H16N2O/c1-6(8(9)11)10-7-4-2-3-5-7/h6-7,10H,2-5H2,1H3,(H2,9,11). The minimum Gasteiger partial charge on any atom is -0.368 e. The highest BCUT2D eigenvalue weighted by Crippen LogP contribution is 2.17. The lowest BCUT2D eigenvalue weighted by molar-refractivity contribution is -0.119. The summed E-state index contributed by atoms with van der Waals surface area (Å²) in [5, 5.41) is 3.20. The number of nitrogens with one attached hydrogen (secondary N) is 1. The van der Waals surface area contributed by atoms with Crippen LogP contribution in [0, 0.1) is 0 Å². The average Bonchev–Trinajstić information content (AvgIpc) is 2.39. The van der Waals surface area contributed by atoms with Gasteiger partial charge in [0.05, 0.1) is 6.04 Å². The Labute approximate surface area is 67.3 Å². The predicted molar refractivity (Wildman–Crippen MR) is 44.0 cm³/mol. The monoisotopic (exact) mass is 156 g/mol. The van der Waals surface area contributed by atoms with Crippen molar-refractivity contribution in [1.29, 1.82) is 0 Å². The van der Waals surface area contributed by atoms with Crippen molar-refractivity contribution in [3.8, 4) is 0 Å². The number of hydrogen-bond donors (Lipinski definition) is 2. The smallest absolute Gasteiger partial charge is 0.234 e. The van der Waals surface area contributed by atoms with Crippen LogP contribution in [0.15, 0.2) is 0 Å². The van der Waals surface area contributed by atoms with Crippen LogP contribution in [0.3, 0.4) is 0 Å². The van der Waals surface area contributed by atoms with Gasteiger partial charge >= 0.3 is 0 Å². The molecule has 0 aromatic heterocycles. The van der Waals surface area contributed by atoms with Gasteiger partial charge in [0, 0.05) is 6.04 Å². The van der Waals surface area contributed by atoms with Crippen LogP contribution in [0.4, 0.5) is 0 Å². The Bertz CT molecular complexity index is 141. The van der Waals surface area contributed by atoms with Gasteiger partial charge in [0.25, 0.3) is 0 Å². The van der Waals surface area contributed by atoms with Crippen LogP contribution in [-0.2, 0) is 4.79 Å². The molecule has 1 atom stereocenters. The minimum absolute atomic E-state index is 0.168. The molecule has 0 bridgehead atoms. The highest BCUT2D eigenvalue weighted by Gasteiger charge is 2.18. The van der Waals surface area contributed by atoms with Gasteiger partial charge < -0.3 is 11.1 Å². The van der Waals surface area contributed by atoms with Gasteiger partial charge in [-0.3, -0.25) is 4.79 Å². The quantitative estimate of drug-likeness (QED) is 0.621. The van der Waals surface area contributed by atoms with Gasteiger partial charge in [0.2, 0.25) is 5.91 Å². The van der Waals surface area contributed by atoms with E-state index in [9.17, 15) is 4.79 Å². The number of amides is 1. The molecule has 0 aliphatic heterocycles. The van der Waals surface area contributed by atoms with Crippen molar-refractivity contribution in [2.45, 2.75) is 44.7 Å². The third-order valence-electron chi connectivity index (χ3n) is 2.27. The van der Waals surface area contributed by atoms with E-state index in [4.69, 9.17) is 5.73 Å². The van der Waals surface area contributed by atoms with Gasteiger partial charge in [-0.2, -0.15) is 0 Å². The first-order valence-corrected chi connectivity index (χ1v) is 4.25. The van der Waals surface area contributed by atoms with Crippen molar-refractivity contribution in [1.82, 2.24) is 5.32 Å². The Morgan fingerprint density at radius 3 is 2.55 bits per heavy atom. The van der Waals surface area contributed by atoms with Crippen LogP contribution >= 0.6 is 0 Å². The first-order chi connectivity index (χ1) is 5.20. The average molecular weight is 156 g/mol. The van der Waals surface area contributed by atoms with E-state index < -0.39 is 0 Å². The first-order valence-electron chi connectivity index (χ1n) is 4.25. The Kier molecular flexibility index (Phi) is 2.88. The Hall–Kier alpha value is -0.570. The third kappa shape index (κ3) is 2.50. The number of carbonyl (C=O) groups excluding carboxylic acids is 1. The molecule has 3 N–H and O–H groups in total. The summed E-state index contributed by atoms with van der Waals surface area (Å²) in [6.07, 6.45) is 4.95. The van der Waals surface area contributed by atoms with Crippen LogP contribution in [0.2, 0.25) is 0 Å². The summed E-state index contributed by atoms with van der Waals surface area (Å²) in [5.74, 6) is -0.253. The molecular formula is C8H16N2O. The van der Waals surface area contributed by atoms with Crippen molar-refractivity contribution in [3.63, 3.8) is 0 Å². The molecule has 0 heterocycles. The summed E-state index contributed by atoms with van der Waals surface area (Å²) >= 11 is 0. The van der Waals surface area contributed by atoms with Gasteiger partial charge in [-0.15, -0.1) is 0 Å². The maximum absolute atomic E-state index is 10.6. The van der Waals surface area contributed by atoms with Gasteiger partial charge in [-0.1, -0.05) is 12.8 Å². The van der Waals surface area contributed by atoms with E-state index in [0.29, 0.717) is 6.04 Å². The molecule has 1 fully saturated rings. The molecule has 11 heavy (non-hydrogen) atoms. The van der Waals surface area contributed by atoms with E-state index >= 15 is 0 Å². The van der Waals surface area contributed by atoms with Crippen molar-refractivity contribution in [3.05, 3.63) is 0 Å². The van der Waals surface area contributed by atoms with E-state index in [1.165, 1.54) is 25.7 Å². The number of rotatable bonds is 3. The van der Waals surface area contributed by atoms with Crippen molar-refractivity contribution < 1.29 is 4.79 Å². The molecule has 0 spiro atoms. The van der Waals surface area contributed by atoms with Gasteiger partial charge in [0.15, 0.2) is 0 Å². The predicted octanol–water partition coefficient (Wildman–Crippen LogP) is 0.392. The van der Waals surface area contributed by atoms with Crippen molar-refractivity contribution >= 4 is 5.91 Å². The number of hydrogen-bond acceptors (Lipinski definition) is 2. The summed E-state index contributed by atoms with van der Waals surface area (Å²) in [6, 6.07) is 0.357. The van der Waals surface area contributed by atoms with Crippen LogP contribution in [0.1, 0.15) is 32.6 Å². The zero-order valence-electron chi connectivity index (χ0n) is 6.97. The number of primary amides is 1. The van der Waals surface area contributed by atoms with Gasteiger partial charge in [0.1, 0.15) is 0 Å². The second kappa shape index (κ2) is 3.72. The Balaban J connectivity index is 2.23. The molecule has 0 radical (unpaired) electrons. The maximum Gasteiger partial charge on any atom is 0.234 e. The number of carbonyl (C=O) groups is 1. The molecule has 1 unspecified atom stereocenters. The highest BCUT2D eigenvalue weighted by atomic mass is 16.1. The molecule has 3 nitrogen and oxygen atoms in total. The number of nitrogens with two attached hydrogens (primary N) is 1.